The molecule has 3 rings (SSSR count). The molecule has 0 spiro atoms. The summed E-state index contributed by atoms with van der Waals surface area (Å²) in [4.78, 5) is 10.2. The standard InChI is InChI=1S/C15H17ClN6/c1-15(2,3)19-14-17-8-12-13(18-14)21-22(20-12)9-10-6-4-5-7-11(10)16/h4-8H,9H2,1-3H3,(H,18,19,21). The van der Waals surface area contributed by atoms with Crippen LogP contribution in [-0.2, 0) is 6.54 Å². The van der Waals surface area contributed by atoms with E-state index in [-0.39, 0.29) is 5.54 Å². The maximum absolute atomic E-state index is 6.16. The summed E-state index contributed by atoms with van der Waals surface area (Å²) < 4.78 is 0. The maximum Gasteiger partial charge on any atom is 0.225 e. The number of nitrogens with one attached hydrogen (secondary N) is 1. The van der Waals surface area contributed by atoms with Gasteiger partial charge < -0.3 is 5.32 Å². The van der Waals surface area contributed by atoms with Crippen molar-refractivity contribution >= 4 is 28.7 Å². The van der Waals surface area contributed by atoms with E-state index in [9.17, 15) is 0 Å². The summed E-state index contributed by atoms with van der Waals surface area (Å²) in [5.74, 6) is 0.546. The Hall–Kier alpha value is -2.21. The Bertz CT molecular complexity index is 805. The van der Waals surface area contributed by atoms with Gasteiger partial charge in [0.05, 0.1) is 12.7 Å². The van der Waals surface area contributed by atoms with Crippen LogP contribution in [0.3, 0.4) is 0 Å². The Morgan fingerprint density at radius 2 is 1.95 bits per heavy atom. The number of rotatable bonds is 3. The molecule has 7 heteroatoms. The van der Waals surface area contributed by atoms with E-state index in [1.807, 2.05) is 24.3 Å². The van der Waals surface area contributed by atoms with Gasteiger partial charge in [-0.1, -0.05) is 29.8 Å². The van der Waals surface area contributed by atoms with Crippen LogP contribution >= 0.6 is 11.6 Å². The number of hydrogen-bond donors (Lipinski definition) is 1. The summed E-state index contributed by atoms with van der Waals surface area (Å²) in [6.45, 7) is 6.65. The molecule has 1 N–H and O–H groups in total. The molecule has 0 saturated heterocycles. The summed E-state index contributed by atoms with van der Waals surface area (Å²) in [6.07, 6.45) is 1.67. The highest BCUT2D eigenvalue weighted by Crippen LogP contribution is 2.17. The molecule has 0 saturated carbocycles. The highest BCUT2D eigenvalue weighted by molar-refractivity contribution is 6.31. The molecule has 1 aromatic carbocycles. The monoisotopic (exact) mass is 316 g/mol. The van der Waals surface area contributed by atoms with E-state index in [1.54, 1.807) is 11.0 Å². The quantitative estimate of drug-likeness (QED) is 0.804. The lowest BCUT2D eigenvalue weighted by atomic mass is 10.1. The Kier molecular flexibility index (Phi) is 3.70. The zero-order valence-electron chi connectivity index (χ0n) is 12.7. The Morgan fingerprint density at radius 3 is 2.68 bits per heavy atom. The summed E-state index contributed by atoms with van der Waals surface area (Å²) in [5.41, 5.74) is 2.08. The summed E-state index contributed by atoms with van der Waals surface area (Å²) >= 11 is 6.16. The molecule has 114 valence electrons. The smallest absolute Gasteiger partial charge is 0.225 e. The van der Waals surface area contributed by atoms with E-state index in [4.69, 9.17) is 11.6 Å². The highest BCUT2D eigenvalue weighted by Gasteiger charge is 2.13. The first-order chi connectivity index (χ1) is 10.4. The molecule has 3 aromatic rings. The van der Waals surface area contributed by atoms with Gasteiger partial charge in [-0.25, -0.2) is 4.98 Å². The summed E-state index contributed by atoms with van der Waals surface area (Å²) in [6, 6.07) is 7.64. The fourth-order valence-electron chi connectivity index (χ4n) is 2.01. The molecule has 0 unspecified atom stereocenters. The lowest BCUT2D eigenvalue weighted by Gasteiger charge is -2.19. The largest absolute Gasteiger partial charge is 0.350 e. The van der Waals surface area contributed by atoms with Crippen molar-refractivity contribution in [3.8, 4) is 0 Å². The third-order valence-corrected chi connectivity index (χ3v) is 3.31. The molecule has 2 aromatic heterocycles. The molecule has 6 nitrogen and oxygen atoms in total. The average Bonchev–Trinajstić information content (AvgIpc) is 2.81. The maximum atomic E-state index is 6.16. The Labute approximate surface area is 133 Å². The van der Waals surface area contributed by atoms with Crippen LogP contribution in [0.1, 0.15) is 26.3 Å². The molecule has 0 radical (unpaired) electrons. The number of aromatic nitrogens is 5. The second-order valence-corrected chi connectivity index (χ2v) is 6.51. The second kappa shape index (κ2) is 5.53. The SMILES string of the molecule is CC(C)(C)Nc1ncc2nn(Cc3ccccc3Cl)nc2n1. The van der Waals surface area contributed by atoms with Crippen LogP contribution in [0.4, 0.5) is 5.95 Å². The molecule has 0 fully saturated rings. The van der Waals surface area contributed by atoms with Gasteiger partial charge in [0.2, 0.25) is 11.6 Å². The van der Waals surface area contributed by atoms with E-state index >= 15 is 0 Å². The minimum Gasteiger partial charge on any atom is -0.350 e. The first-order valence-corrected chi connectivity index (χ1v) is 7.38. The summed E-state index contributed by atoms with van der Waals surface area (Å²) in [5, 5.41) is 12.7. The number of halogens is 1. The topological polar surface area (TPSA) is 68.5 Å². The normalized spacial score (nSPS) is 11.8. The van der Waals surface area contributed by atoms with Crippen LogP contribution in [0, 0.1) is 0 Å². The van der Waals surface area contributed by atoms with Crippen molar-refractivity contribution in [2.45, 2.75) is 32.9 Å². The third-order valence-electron chi connectivity index (χ3n) is 2.94. The van der Waals surface area contributed by atoms with Gasteiger partial charge in [-0.05, 0) is 32.4 Å². The van der Waals surface area contributed by atoms with Gasteiger partial charge in [0.15, 0.2) is 5.52 Å². The van der Waals surface area contributed by atoms with E-state index in [0.717, 1.165) is 5.56 Å². The van der Waals surface area contributed by atoms with Gasteiger partial charge in [0, 0.05) is 10.6 Å². The number of fused-ring (bicyclic) bond motifs is 1. The fourth-order valence-corrected chi connectivity index (χ4v) is 2.21. The third kappa shape index (κ3) is 3.33. The molecule has 0 aliphatic carbocycles. The lowest BCUT2D eigenvalue weighted by Crippen LogP contribution is -2.27. The van der Waals surface area contributed by atoms with Crippen molar-refractivity contribution in [3.05, 3.63) is 41.0 Å². The van der Waals surface area contributed by atoms with Crippen LogP contribution in [0.5, 0.6) is 0 Å². The zero-order valence-corrected chi connectivity index (χ0v) is 13.5. The van der Waals surface area contributed by atoms with Crippen molar-refractivity contribution in [1.29, 1.82) is 0 Å². The molecule has 0 atom stereocenters. The van der Waals surface area contributed by atoms with E-state index in [2.05, 4.69) is 46.3 Å². The predicted octanol–water partition coefficient (Wildman–Crippen LogP) is 3.13. The van der Waals surface area contributed by atoms with Crippen molar-refractivity contribution in [3.63, 3.8) is 0 Å². The summed E-state index contributed by atoms with van der Waals surface area (Å²) in [7, 11) is 0. The molecule has 0 aliphatic heterocycles. The molecular formula is C15H17ClN6. The zero-order chi connectivity index (χ0) is 15.7. The predicted molar refractivity (Wildman–Crippen MR) is 87.0 cm³/mol. The van der Waals surface area contributed by atoms with Gasteiger partial charge in [0.25, 0.3) is 0 Å². The number of hydrogen-bond acceptors (Lipinski definition) is 5. The van der Waals surface area contributed by atoms with Crippen molar-refractivity contribution in [2.75, 3.05) is 5.32 Å². The van der Waals surface area contributed by atoms with Gasteiger partial charge in [0.1, 0.15) is 0 Å². The van der Waals surface area contributed by atoms with E-state index < -0.39 is 0 Å². The molecule has 22 heavy (non-hydrogen) atoms. The van der Waals surface area contributed by atoms with Gasteiger partial charge >= 0.3 is 0 Å². The Balaban J connectivity index is 1.88. The first kappa shape index (κ1) is 14.7. The van der Waals surface area contributed by atoms with Crippen LogP contribution in [-0.4, -0.2) is 30.5 Å². The molecule has 0 amide bonds. The highest BCUT2D eigenvalue weighted by atomic mass is 35.5. The molecule has 0 bridgehead atoms. The van der Waals surface area contributed by atoms with E-state index in [0.29, 0.717) is 28.7 Å². The van der Waals surface area contributed by atoms with Crippen LogP contribution in [0.25, 0.3) is 11.2 Å². The Morgan fingerprint density at radius 1 is 1.18 bits per heavy atom. The molecular weight excluding hydrogens is 300 g/mol. The average molecular weight is 317 g/mol. The number of nitrogens with zero attached hydrogens (tertiary/aromatic N) is 5. The fraction of sp³-hybridized carbons (Fsp3) is 0.333. The second-order valence-electron chi connectivity index (χ2n) is 6.10. The van der Waals surface area contributed by atoms with Crippen molar-refractivity contribution < 1.29 is 0 Å². The van der Waals surface area contributed by atoms with Gasteiger partial charge in [-0.15, -0.1) is 10.2 Å². The van der Waals surface area contributed by atoms with Crippen LogP contribution in [0.15, 0.2) is 30.5 Å². The first-order valence-electron chi connectivity index (χ1n) is 7.00. The lowest BCUT2D eigenvalue weighted by molar-refractivity contribution is 0.599. The number of benzene rings is 1. The van der Waals surface area contributed by atoms with Gasteiger partial charge in [-0.2, -0.15) is 9.78 Å². The molecule has 0 aliphatic rings. The van der Waals surface area contributed by atoms with Gasteiger partial charge in [-0.3, -0.25) is 0 Å². The minimum absolute atomic E-state index is 0.110. The van der Waals surface area contributed by atoms with Crippen LogP contribution < -0.4 is 5.32 Å². The van der Waals surface area contributed by atoms with Crippen molar-refractivity contribution in [1.82, 2.24) is 25.0 Å². The van der Waals surface area contributed by atoms with E-state index in [1.165, 1.54) is 0 Å². The van der Waals surface area contributed by atoms with Crippen LogP contribution in [0.2, 0.25) is 5.02 Å². The molecule has 2 heterocycles. The number of anilines is 1. The van der Waals surface area contributed by atoms with Crippen molar-refractivity contribution in [2.24, 2.45) is 0 Å². The minimum atomic E-state index is -0.110.